The second-order valence-electron chi connectivity index (χ2n) is 4.38. The topological polar surface area (TPSA) is 65.6 Å². The number of hydrogen-bond donors (Lipinski definition) is 2. The summed E-state index contributed by atoms with van der Waals surface area (Å²) < 4.78 is 4.08. The fourth-order valence-corrected chi connectivity index (χ4v) is 2.27. The molecular weight excluding hydrogens is 240 g/mol. The van der Waals surface area contributed by atoms with Crippen LogP contribution in [0.1, 0.15) is 11.6 Å². The van der Waals surface area contributed by atoms with Gasteiger partial charge in [-0.15, -0.1) is 10.2 Å². The Kier molecular flexibility index (Phi) is 2.08. The summed E-state index contributed by atoms with van der Waals surface area (Å²) in [5.74, 6) is 2.02. The third-order valence-corrected chi connectivity index (χ3v) is 3.19. The summed E-state index contributed by atoms with van der Waals surface area (Å²) in [6.45, 7) is 0. The molecule has 4 aromatic rings. The van der Waals surface area contributed by atoms with Crippen molar-refractivity contribution in [2.45, 2.75) is 6.42 Å². The molecule has 6 nitrogen and oxygen atoms in total. The zero-order valence-electron chi connectivity index (χ0n) is 10.1. The zero-order valence-corrected chi connectivity index (χ0v) is 10.1. The van der Waals surface area contributed by atoms with Gasteiger partial charge in [0.15, 0.2) is 0 Å². The van der Waals surface area contributed by atoms with Crippen LogP contribution in [0.4, 0.5) is 0 Å². The first kappa shape index (κ1) is 10.2. The Labute approximate surface area is 108 Å². The number of hydrogen-bond acceptors (Lipinski definition) is 2. The van der Waals surface area contributed by atoms with E-state index in [2.05, 4.69) is 20.4 Å². The molecule has 0 amide bonds. The number of H-pyrrole nitrogens is 2. The molecule has 0 aromatic carbocycles. The number of aromatic amines is 2. The molecule has 0 aliphatic rings. The van der Waals surface area contributed by atoms with Crippen molar-refractivity contribution < 1.29 is 8.80 Å². The maximum atomic E-state index is 4.27. The van der Waals surface area contributed by atoms with Gasteiger partial charge in [-0.25, -0.2) is 8.80 Å². The van der Waals surface area contributed by atoms with Gasteiger partial charge in [-0.05, 0) is 12.1 Å². The molecule has 0 saturated heterocycles. The molecule has 4 rings (SSSR count). The van der Waals surface area contributed by atoms with Gasteiger partial charge in [0.25, 0.3) is 0 Å². The predicted molar refractivity (Wildman–Crippen MR) is 66.3 cm³/mol. The second kappa shape index (κ2) is 3.88. The van der Waals surface area contributed by atoms with Gasteiger partial charge in [-0.1, -0.05) is 12.1 Å². The van der Waals surface area contributed by atoms with Crippen molar-refractivity contribution in [3.05, 3.63) is 60.4 Å². The van der Waals surface area contributed by atoms with Crippen LogP contribution in [0.3, 0.4) is 0 Å². The third-order valence-electron chi connectivity index (χ3n) is 3.19. The first-order valence-corrected chi connectivity index (χ1v) is 6.09. The van der Waals surface area contributed by atoms with E-state index in [-0.39, 0.29) is 0 Å². The average molecular weight is 252 g/mol. The van der Waals surface area contributed by atoms with Crippen molar-refractivity contribution >= 4 is 11.3 Å². The Hall–Kier alpha value is -2.76. The van der Waals surface area contributed by atoms with Gasteiger partial charge < -0.3 is 0 Å². The quantitative estimate of drug-likeness (QED) is 0.501. The van der Waals surface area contributed by atoms with E-state index in [9.17, 15) is 0 Å². The van der Waals surface area contributed by atoms with Crippen molar-refractivity contribution in [2.24, 2.45) is 0 Å². The van der Waals surface area contributed by atoms with Gasteiger partial charge in [-0.3, -0.25) is 0 Å². The summed E-state index contributed by atoms with van der Waals surface area (Å²) in [4.78, 5) is 0. The Bertz CT molecular complexity index is 787. The van der Waals surface area contributed by atoms with Crippen LogP contribution in [0.15, 0.2) is 48.8 Å². The molecule has 4 aromatic heterocycles. The first-order chi connectivity index (χ1) is 9.42. The molecule has 0 spiro atoms. The minimum absolute atomic E-state index is 0.705. The highest BCUT2D eigenvalue weighted by Crippen LogP contribution is 2.00. The largest absolute Gasteiger partial charge is 0.305 e. The molecular formula is C13H12N6+2. The zero-order chi connectivity index (χ0) is 12.7. The van der Waals surface area contributed by atoms with E-state index in [0.717, 1.165) is 22.9 Å². The van der Waals surface area contributed by atoms with Crippen molar-refractivity contribution in [3.63, 3.8) is 0 Å². The lowest BCUT2D eigenvalue weighted by atomic mass is 10.3. The maximum absolute atomic E-state index is 4.27. The van der Waals surface area contributed by atoms with Gasteiger partial charge >= 0.3 is 11.3 Å². The molecule has 0 fully saturated rings. The fraction of sp³-hybridized carbons (Fsp3) is 0.0769. The molecule has 0 unspecified atom stereocenters. The summed E-state index contributed by atoms with van der Waals surface area (Å²) in [5, 5.41) is 14.7. The highest BCUT2D eigenvalue weighted by molar-refractivity contribution is 5.27. The van der Waals surface area contributed by atoms with E-state index in [1.165, 1.54) is 0 Å². The Morgan fingerprint density at radius 2 is 1.32 bits per heavy atom. The summed E-state index contributed by atoms with van der Waals surface area (Å²) >= 11 is 0. The minimum Gasteiger partial charge on any atom is -0.201 e. The van der Waals surface area contributed by atoms with Crippen LogP contribution in [0, 0.1) is 0 Å². The number of aromatic nitrogens is 6. The SMILES string of the molecule is c1cc[n+]2c(Cc3[nH]nc4cccc[n+]34)[nH]nc2c1. The molecule has 0 aliphatic carbocycles. The van der Waals surface area contributed by atoms with E-state index < -0.39 is 0 Å². The molecule has 0 aliphatic heterocycles. The van der Waals surface area contributed by atoms with Crippen molar-refractivity contribution in [1.29, 1.82) is 0 Å². The number of pyridine rings is 2. The molecule has 0 radical (unpaired) electrons. The molecule has 0 atom stereocenters. The first-order valence-electron chi connectivity index (χ1n) is 6.09. The van der Waals surface area contributed by atoms with Gasteiger partial charge in [0.05, 0.1) is 12.4 Å². The Morgan fingerprint density at radius 3 is 1.84 bits per heavy atom. The van der Waals surface area contributed by atoms with Crippen LogP contribution in [0.25, 0.3) is 11.3 Å². The second-order valence-corrected chi connectivity index (χ2v) is 4.38. The van der Waals surface area contributed by atoms with Crippen molar-refractivity contribution in [2.75, 3.05) is 0 Å². The number of nitrogens with zero attached hydrogens (tertiary/aromatic N) is 4. The molecule has 6 heteroatoms. The molecule has 0 bridgehead atoms. The highest BCUT2D eigenvalue weighted by Gasteiger charge is 2.19. The lowest BCUT2D eigenvalue weighted by Crippen LogP contribution is -2.29. The van der Waals surface area contributed by atoms with Crippen LogP contribution in [-0.2, 0) is 6.42 Å². The van der Waals surface area contributed by atoms with E-state index in [1.54, 1.807) is 0 Å². The molecule has 19 heavy (non-hydrogen) atoms. The van der Waals surface area contributed by atoms with Crippen LogP contribution in [0.5, 0.6) is 0 Å². The van der Waals surface area contributed by atoms with Crippen LogP contribution in [0.2, 0.25) is 0 Å². The number of nitrogens with one attached hydrogen (secondary N) is 2. The summed E-state index contributed by atoms with van der Waals surface area (Å²) in [6, 6.07) is 11.9. The lowest BCUT2D eigenvalue weighted by molar-refractivity contribution is -0.536. The van der Waals surface area contributed by atoms with Crippen LogP contribution in [-0.4, -0.2) is 20.4 Å². The third kappa shape index (κ3) is 1.57. The van der Waals surface area contributed by atoms with Gasteiger partial charge in [0, 0.05) is 22.3 Å². The average Bonchev–Trinajstić information content (AvgIpc) is 3.05. The van der Waals surface area contributed by atoms with Crippen molar-refractivity contribution in [1.82, 2.24) is 20.4 Å². The summed E-state index contributed by atoms with van der Waals surface area (Å²) in [5.41, 5.74) is 1.82. The Morgan fingerprint density at radius 1 is 0.789 bits per heavy atom. The summed E-state index contributed by atoms with van der Waals surface area (Å²) in [6.07, 6.45) is 4.70. The van der Waals surface area contributed by atoms with E-state index >= 15 is 0 Å². The van der Waals surface area contributed by atoms with Gasteiger partial charge in [0.1, 0.15) is 6.42 Å². The normalized spacial score (nSPS) is 11.4. The van der Waals surface area contributed by atoms with Crippen LogP contribution < -0.4 is 8.80 Å². The minimum atomic E-state index is 0.705. The molecule has 2 N–H and O–H groups in total. The fourth-order valence-electron chi connectivity index (χ4n) is 2.27. The molecule has 0 saturated carbocycles. The van der Waals surface area contributed by atoms with Gasteiger partial charge in [-0.2, -0.15) is 0 Å². The standard InChI is InChI=1S/C13H10N6/c1-3-7-18-10(5-1)14-16-12(18)9-13-17-15-11-6-2-4-8-19(11)13/h1-8H,9H2/p+2. The maximum Gasteiger partial charge on any atom is 0.305 e. The van der Waals surface area contributed by atoms with E-state index in [0.29, 0.717) is 6.42 Å². The van der Waals surface area contributed by atoms with Crippen LogP contribution >= 0.6 is 0 Å². The predicted octanol–water partition coefficient (Wildman–Crippen LogP) is 0.201. The van der Waals surface area contributed by atoms with Gasteiger partial charge in [0.2, 0.25) is 11.6 Å². The van der Waals surface area contributed by atoms with E-state index in [4.69, 9.17) is 0 Å². The highest BCUT2D eigenvalue weighted by atomic mass is 15.3. The molecule has 92 valence electrons. The summed E-state index contributed by atoms with van der Waals surface area (Å²) in [7, 11) is 0. The number of fused-ring (bicyclic) bond motifs is 2. The smallest absolute Gasteiger partial charge is 0.201 e. The monoisotopic (exact) mass is 252 g/mol. The lowest BCUT2D eigenvalue weighted by Gasteiger charge is -1.91. The van der Waals surface area contributed by atoms with E-state index in [1.807, 2.05) is 57.6 Å². The van der Waals surface area contributed by atoms with Crippen molar-refractivity contribution in [3.8, 4) is 0 Å². The molecule has 4 heterocycles. The Balaban J connectivity index is 1.82. The number of rotatable bonds is 2.